The van der Waals surface area contributed by atoms with Gasteiger partial charge >= 0.3 is 5.97 Å². The number of aromatic nitrogens is 1. The summed E-state index contributed by atoms with van der Waals surface area (Å²) >= 11 is 0. The molecule has 0 aliphatic carbocycles. The van der Waals surface area contributed by atoms with E-state index >= 15 is 0 Å². The second-order valence-corrected chi connectivity index (χ2v) is 3.99. The van der Waals surface area contributed by atoms with Crippen molar-refractivity contribution < 1.29 is 14.7 Å². The van der Waals surface area contributed by atoms with Gasteiger partial charge in [-0.25, -0.2) is 0 Å². The molecule has 1 rings (SSSR count). The van der Waals surface area contributed by atoms with E-state index in [4.69, 9.17) is 5.11 Å². The fourth-order valence-corrected chi connectivity index (χ4v) is 1.44. The maximum Gasteiger partial charge on any atom is 0.305 e. The van der Waals surface area contributed by atoms with E-state index in [9.17, 15) is 9.59 Å². The molecule has 0 radical (unpaired) electrons. The number of hydrogen-bond acceptors (Lipinski definition) is 3. The number of carboxylic acids is 1. The Balaban J connectivity index is 2.55. The number of nitrogens with zero attached hydrogens (tertiary/aromatic N) is 2. The summed E-state index contributed by atoms with van der Waals surface area (Å²) in [6.07, 6.45) is 3.47. The third kappa shape index (κ3) is 4.22. The highest BCUT2D eigenvalue weighted by atomic mass is 16.4. The molecule has 0 saturated carbocycles. The van der Waals surface area contributed by atoms with Gasteiger partial charge in [0.15, 0.2) is 0 Å². The fourth-order valence-electron chi connectivity index (χ4n) is 1.44. The second kappa shape index (κ2) is 5.98. The van der Waals surface area contributed by atoms with Crippen molar-refractivity contribution in [3.05, 3.63) is 30.1 Å². The molecule has 0 saturated heterocycles. The molecule has 0 bridgehead atoms. The fraction of sp³-hybridized carbons (Fsp3) is 0.417. The van der Waals surface area contributed by atoms with Crippen LogP contribution in [0.1, 0.15) is 18.9 Å². The maximum atomic E-state index is 11.8. The average Bonchev–Trinajstić information content (AvgIpc) is 2.28. The molecule has 17 heavy (non-hydrogen) atoms. The highest BCUT2D eigenvalue weighted by Crippen LogP contribution is 2.05. The van der Waals surface area contributed by atoms with Crippen LogP contribution in [0.25, 0.3) is 0 Å². The first-order valence-electron chi connectivity index (χ1n) is 5.37. The molecule has 0 fully saturated rings. The summed E-state index contributed by atoms with van der Waals surface area (Å²) < 4.78 is 0. The summed E-state index contributed by atoms with van der Waals surface area (Å²) in [6.45, 7) is 1.72. The van der Waals surface area contributed by atoms with Gasteiger partial charge in [0.1, 0.15) is 0 Å². The number of carbonyl (C=O) groups excluding carboxylic acids is 1. The summed E-state index contributed by atoms with van der Waals surface area (Å²) in [5, 5.41) is 8.66. The van der Waals surface area contributed by atoms with Crippen LogP contribution >= 0.6 is 0 Å². The molecule has 1 N–H and O–H groups in total. The largest absolute Gasteiger partial charge is 0.481 e. The van der Waals surface area contributed by atoms with Crippen molar-refractivity contribution in [2.75, 3.05) is 7.05 Å². The normalized spacial score (nSPS) is 11.9. The zero-order valence-corrected chi connectivity index (χ0v) is 9.96. The Hall–Kier alpha value is -1.91. The number of rotatable bonds is 5. The van der Waals surface area contributed by atoms with Crippen molar-refractivity contribution >= 4 is 11.9 Å². The van der Waals surface area contributed by atoms with Crippen LogP contribution in [0.15, 0.2) is 24.5 Å². The molecule has 1 aromatic rings. The summed E-state index contributed by atoms with van der Waals surface area (Å²) in [5.41, 5.74) is 0.826. The van der Waals surface area contributed by atoms with E-state index < -0.39 is 5.97 Å². The van der Waals surface area contributed by atoms with E-state index in [0.29, 0.717) is 0 Å². The lowest BCUT2D eigenvalue weighted by Crippen LogP contribution is -2.37. The molecular weight excluding hydrogens is 220 g/mol. The van der Waals surface area contributed by atoms with Crippen molar-refractivity contribution in [1.82, 2.24) is 9.88 Å². The molecule has 0 aliphatic heterocycles. The van der Waals surface area contributed by atoms with Crippen LogP contribution in [0.5, 0.6) is 0 Å². The van der Waals surface area contributed by atoms with Crippen LogP contribution in [0.2, 0.25) is 0 Å². The molecule has 1 atom stereocenters. The number of pyridine rings is 1. The third-order valence-electron chi connectivity index (χ3n) is 2.60. The number of carboxylic acid groups (broad SMARTS) is 1. The molecule has 0 spiro atoms. The Morgan fingerprint density at radius 3 is 2.76 bits per heavy atom. The van der Waals surface area contributed by atoms with Crippen molar-refractivity contribution in [3.8, 4) is 0 Å². The SMILES string of the molecule is CC(CC(=O)O)N(C)C(=O)Cc1cccnc1. The predicted octanol–water partition coefficient (Wildman–Crippen LogP) is 0.946. The summed E-state index contributed by atoms with van der Waals surface area (Å²) in [5.74, 6) is -1.01. The quantitative estimate of drug-likeness (QED) is 0.826. The van der Waals surface area contributed by atoms with Gasteiger partial charge in [-0.15, -0.1) is 0 Å². The van der Waals surface area contributed by atoms with E-state index in [2.05, 4.69) is 4.98 Å². The van der Waals surface area contributed by atoms with Crippen LogP contribution in [0.3, 0.4) is 0 Å². The monoisotopic (exact) mass is 236 g/mol. The van der Waals surface area contributed by atoms with E-state index in [1.54, 1.807) is 32.4 Å². The van der Waals surface area contributed by atoms with Crippen molar-refractivity contribution in [2.45, 2.75) is 25.8 Å². The minimum absolute atomic E-state index is 0.0463. The predicted molar refractivity (Wildman–Crippen MR) is 62.4 cm³/mol. The Morgan fingerprint density at radius 2 is 2.24 bits per heavy atom. The zero-order valence-electron chi connectivity index (χ0n) is 9.96. The first-order chi connectivity index (χ1) is 8.00. The van der Waals surface area contributed by atoms with E-state index in [0.717, 1.165) is 5.56 Å². The van der Waals surface area contributed by atoms with Gasteiger partial charge in [-0.3, -0.25) is 14.6 Å². The topological polar surface area (TPSA) is 70.5 Å². The lowest BCUT2D eigenvalue weighted by Gasteiger charge is -2.23. The lowest BCUT2D eigenvalue weighted by atomic mass is 10.1. The van der Waals surface area contributed by atoms with Crippen LogP contribution in [-0.2, 0) is 16.0 Å². The number of carbonyl (C=O) groups is 2. The van der Waals surface area contributed by atoms with Gasteiger partial charge in [0, 0.05) is 25.5 Å². The van der Waals surface area contributed by atoms with Gasteiger partial charge < -0.3 is 10.0 Å². The number of aliphatic carboxylic acids is 1. The molecule has 1 heterocycles. The summed E-state index contributed by atoms with van der Waals surface area (Å²) in [7, 11) is 1.62. The van der Waals surface area contributed by atoms with Crippen LogP contribution in [0.4, 0.5) is 0 Å². The molecule has 0 aromatic carbocycles. The third-order valence-corrected chi connectivity index (χ3v) is 2.60. The highest BCUT2D eigenvalue weighted by Gasteiger charge is 2.18. The average molecular weight is 236 g/mol. The molecule has 1 aromatic heterocycles. The van der Waals surface area contributed by atoms with Crippen LogP contribution < -0.4 is 0 Å². The molecule has 1 unspecified atom stereocenters. The van der Waals surface area contributed by atoms with E-state index in [1.807, 2.05) is 6.07 Å². The lowest BCUT2D eigenvalue weighted by molar-refractivity contribution is -0.139. The van der Waals surface area contributed by atoms with Gasteiger partial charge in [0.25, 0.3) is 0 Å². The highest BCUT2D eigenvalue weighted by molar-refractivity contribution is 5.79. The van der Waals surface area contributed by atoms with Crippen LogP contribution in [0, 0.1) is 0 Å². The Labute approximate surface area is 100 Å². The smallest absolute Gasteiger partial charge is 0.305 e. The molecule has 1 amide bonds. The Morgan fingerprint density at radius 1 is 1.53 bits per heavy atom. The van der Waals surface area contributed by atoms with E-state index in [-0.39, 0.29) is 24.8 Å². The van der Waals surface area contributed by atoms with Gasteiger partial charge in [-0.2, -0.15) is 0 Å². The van der Waals surface area contributed by atoms with Gasteiger partial charge in [-0.05, 0) is 18.6 Å². The number of hydrogen-bond donors (Lipinski definition) is 1. The Kier molecular flexibility index (Phi) is 4.63. The van der Waals surface area contributed by atoms with Gasteiger partial charge in [0.2, 0.25) is 5.91 Å². The summed E-state index contributed by atoms with van der Waals surface area (Å²) in [6, 6.07) is 3.28. The van der Waals surface area contributed by atoms with Gasteiger partial charge in [-0.1, -0.05) is 6.07 Å². The van der Waals surface area contributed by atoms with Crippen molar-refractivity contribution in [3.63, 3.8) is 0 Å². The molecule has 0 aliphatic rings. The van der Waals surface area contributed by atoms with Gasteiger partial charge in [0.05, 0.1) is 12.8 Å². The molecular formula is C12H16N2O3. The standard InChI is InChI=1S/C12H16N2O3/c1-9(6-12(16)17)14(2)11(15)7-10-4-3-5-13-8-10/h3-5,8-9H,6-7H2,1-2H3,(H,16,17). The first kappa shape index (κ1) is 13.2. The number of amides is 1. The minimum atomic E-state index is -0.904. The second-order valence-electron chi connectivity index (χ2n) is 3.99. The minimum Gasteiger partial charge on any atom is -0.481 e. The number of likely N-dealkylation sites (N-methyl/N-ethyl adjacent to an activating group) is 1. The van der Waals surface area contributed by atoms with Crippen LogP contribution in [-0.4, -0.2) is 40.0 Å². The van der Waals surface area contributed by atoms with Crippen molar-refractivity contribution in [1.29, 1.82) is 0 Å². The molecule has 92 valence electrons. The zero-order chi connectivity index (χ0) is 12.8. The molecule has 5 nitrogen and oxygen atoms in total. The Bertz CT molecular complexity index is 392. The first-order valence-corrected chi connectivity index (χ1v) is 5.37. The molecule has 5 heteroatoms. The van der Waals surface area contributed by atoms with E-state index in [1.165, 1.54) is 4.90 Å². The van der Waals surface area contributed by atoms with Crippen molar-refractivity contribution in [2.24, 2.45) is 0 Å². The summed E-state index contributed by atoms with van der Waals surface area (Å²) in [4.78, 5) is 27.8. The maximum absolute atomic E-state index is 11.8.